The summed E-state index contributed by atoms with van der Waals surface area (Å²) < 4.78 is 6.55. The van der Waals surface area contributed by atoms with Crippen LogP contribution in [0.4, 0.5) is 5.69 Å². The Morgan fingerprint density at radius 2 is 1.47 bits per heavy atom. The molecule has 0 N–H and O–H groups in total. The summed E-state index contributed by atoms with van der Waals surface area (Å²) in [7, 11) is 0. The van der Waals surface area contributed by atoms with Crippen LogP contribution in [0.1, 0.15) is 34.9 Å². The predicted octanol–water partition coefficient (Wildman–Crippen LogP) is 9.14. The molecule has 2 aliphatic carbocycles. The molecule has 0 fully saturated rings. The van der Waals surface area contributed by atoms with E-state index in [-0.39, 0.29) is 12.0 Å². The Balaban J connectivity index is 1.32. The average Bonchev–Trinajstić information content (AvgIpc) is 3.53. The fraction of sp³-hybridized carbons (Fsp3) is 0.111. The zero-order valence-corrected chi connectivity index (χ0v) is 21.0. The molecule has 1 aliphatic heterocycles. The standard InChI is InChI=1S/C36H27NO/c1-3-11-24(12-4-1)26-21-27(25-13-5-2-6-14-25)23-28(22-26)37-32-17-9-7-16-31(32)35-33(37)20-19-30-29-15-8-10-18-34(29)38-36(30)35/h1-22,27,31-32H,23H2. The van der Waals surface area contributed by atoms with Crippen LogP contribution in [0.3, 0.4) is 0 Å². The fourth-order valence-electron chi connectivity index (χ4n) is 6.63. The van der Waals surface area contributed by atoms with Gasteiger partial charge in [-0.15, -0.1) is 0 Å². The molecule has 2 heterocycles. The Bertz CT molecular complexity index is 1800. The predicted molar refractivity (Wildman–Crippen MR) is 157 cm³/mol. The Morgan fingerprint density at radius 1 is 0.711 bits per heavy atom. The van der Waals surface area contributed by atoms with Crippen LogP contribution in [0.15, 0.2) is 144 Å². The van der Waals surface area contributed by atoms with Crippen molar-refractivity contribution in [3.05, 3.63) is 156 Å². The molecule has 3 unspecified atom stereocenters. The van der Waals surface area contributed by atoms with Crippen LogP contribution in [0.5, 0.6) is 0 Å². The number of anilines is 1. The second-order valence-electron chi connectivity index (χ2n) is 10.5. The molecule has 38 heavy (non-hydrogen) atoms. The van der Waals surface area contributed by atoms with Crippen molar-refractivity contribution >= 4 is 33.2 Å². The number of rotatable bonds is 3. The summed E-state index contributed by atoms with van der Waals surface area (Å²) in [6.07, 6.45) is 14.9. The highest BCUT2D eigenvalue weighted by Crippen LogP contribution is 2.52. The van der Waals surface area contributed by atoms with Gasteiger partial charge in [0.15, 0.2) is 0 Å². The lowest BCUT2D eigenvalue weighted by atomic mass is 9.85. The monoisotopic (exact) mass is 489 g/mol. The van der Waals surface area contributed by atoms with Crippen LogP contribution in [-0.4, -0.2) is 6.04 Å². The van der Waals surface area contributed by atoms with E-state index < -0.39 is 0 Å². The van der Waals surface area contributed by atoms with Crippen molar-refractivity contribution < 1.29 is 4.42 Å². The molecule has 0 bridgehead atoms. The molecule has 0 saturated heterocycles. The maximum Gasteiger partial charge on any atom is 0.141 e. The van der Waals surface area contributed by atoms with E-state index in [0.717, 1.165) is 17.6 Å². The van der Waals surface area contributed by atoms with E-state index in [0.29, 0.717) is 5.92 Å². The lowest BCUT2D eigenvalue weighted by Crippen LogP contribution is -2.33. The highest BCUT2D eigenvalue weighted by atomic mass is 16.3. The Hall–Kier alpha value is -4.56. The van der Waals surface area contributed by atoms with Crippen molar-refractivity contribution in [1.82, 2.24) is 0 Å². The van der Waals surface area contributed by atoms with E-state index in [2.05, 4.69) is 138 Å². The van der Waals surface area contributed by atoms with Gasteiger partial charge < -0.3 is 9.32 Å². The van der Waals surface area contributed by atoms with Crippen LogP contribution in [0, 0.1) is 0 Å². The van der Waals surface area contributed by atoms with Crippen LogP contribution in [0.2, 0.25) is 0 Å². The number of hydrogen-bond donors (Lipinski definition) is 0. The van der Waals surface area contributed by atoms with Crippen LogP contribution in [-0.2, 0) is 0 Å². The third-order valence-corrected chi connectivity index (χ3v) is 8.34. The number of benzene rings is 4. The van der Waals surface area contributed by atoms with E-state index in [1.54, 1.807) is 0 Å². The Labute approximate surface area is 222 Å². The fourth-order valence-corrected chi connectivity index (χ4v) is 6.63. The van der Waals surface area contributed by atoms with Crippen molar-refractivity contribution in [3.63, 3.8) is 0 Å². The third kappa shape index (κ3) is 3.27. The molecule has 0 spiro atoms. The zero-order valence-electron chi connectivity index (χ0n) is 21.0. The molecule has 0 saturated carbocycles. The van der Waals surface area contributed by atoms with Gasteiger partial charge in [-0.1, -0.05) is 109 Å². The van der Waals surface area contributed by atoms with Crippen LogP contribution in [0.25, 0.3) is 27.5 Å². The van der Waals surface area contributed by atoms with E-state index in [1.807, 2.05) is 0 Å². The summed E-state index contributed by atoms with van der Waals surface area (Å²) >= 11 is 0. The first-order chi connectivity index (χ1) is 18.8. The molecule has 3 aliphatic rings. The first kappa shape index (κ1) is 21.5. The lowest BCUT2D eigenvalue weighted by Gasteiger charge is -2.34. The number of allylic oxidation sites excluding steroid dienone is 6. The largest absolute Gasteiger partial charge is 0.456 e. The van der Waals surface area contributed by atoms with Gasteiger partial charge in [0.1, 0.15) is 11.2 Å². The number of nitrogens with zero attached hydrogens (tertiary/aromatic N) is 1. The second kappa shape index (κ2) is 8.49. The minimum absolute atomic E-state index is 0.228. The number of para-hydroxylation sites is 1. The minimum Gasteiger partial charge on any atom is -0.456 e. The maximum atomic E-state index is 6.55. The molecule has 1 aromatic heterocycles. The second-order valence-corrected chi connectivity index (χ2v) is 10.5. The number of furan rings is 1. The highest BCUT2D eigenvalue weighted by molar-refractivity contribution is 6.08. The van der Waals surface area contributed by atoms with E-state index in [4.69, 9.17) is 4.42 Å². The third-order valence-electron chi connectivity index (χ3n) is 8.34. The normalized spacial score (nSPS) is 21.9. The van der Waals surface area contributed by atoms with Gasteiger partial charge >= 0.3 is 0 Å². The molecule has 4 aromatic carbocycles. The maximum absolute atomic E-state index is 6.55. The van der Waals surface area contributed by atoms with Crippen molar-refractivity contribution in [2.75, 3.05) is 4.90 Å². The molecule has 3 atom stereocenters. The van der Waals surface area contributed by atoms with Crippen LogP contribution >= 0.6 is 0 Å². The van der Waals surface area contributed by atoms with Gasteiger partial charge in [0, 0.05) is 39.6 Å². The SMILES string of the molecule is C1=CC2c3c(ccc4c3oc3ccccc34)N(C3=CC(c4ccccc4)=CC(c4ccccc4)C3)C2C=C1. The van der Waals surface area contributed by atoms with Crippen molar-refractivity contribution in [2.45, 2.75) is 24.3 Å². The van der Waals surface area contributed by atoms with E-state index in [1.165, 1.54) is 44.4 Å². The van der Waals surface area contributed by atoms with Gasteiger partial charge in [-0.05, 0) is 47.4 Å². The van der Waals surface area contributed by atoms with Gasteiger partial charge in [0.25, 0.3) is 0 Å². The smallest absolute Gasteiger partial charge is 0.141 e. The number of fused-ring (bicyclic) bond motifs is 7. The molecule has 182 valence electrons. The van der Waals surface area contributed by atoms with Gasteiger partial charge in [0.05, 0.1) is 6.04 Å². The van der Waals surface area contributed by atoms with E-state index in [9.17, 15) is 0 Å². The first-order valence-corrected chi connectivity index (χ1v) is 13.5. The summed E-state index contributed by atoms with van der Waals surface area (Å²) in [5.41, 5.74) is 9.79. The van der Waals surface area contributed by atoms with Gasteiger partial charge in [0.2, 0.25) is 0 Å². The van der Waals surface area contributed by atoms with Gasteiger partial charge in [-0.25, -0.2) is 0 Å². The molecular formula is C36H27NO. The Morgan fingerprint density at radius 3 is 2.34 bits per heavy atom. The lowest BCUT2D eigenvalue weighted by molar-refractivity contribution is 0.650. The Kier molecular flexibility index (Phi) is 4.81. The summed E-state index contributed by atoms with van der Waals surface area (Å²) in [5.74, 6) is 0.563. The quantitative estimate of drug-likeness (QED) is 0.251. The number of hydrogen-bond acceptors (Lipinski definition) is 2. The average molecular weight is 490 g/mol. The zero-order chi connectivity index (χ0) is 25.1. The van der Waals surface area contributed by atoms with E-state index >= 15 is 0 Å². The minimum atomic E-state index is 0.228. The molecular weight excluding hydrogens is 462 g/mol. The molecule has 8 rings (SSSR count). The van der Waals surface area contributed by atoms with Crippen molar-refractivity contribution in [2.24, 2.45) is 0 Å². The molecule has 0 amide bonds. The van der Waals surface area contributed by atoms with Crippen LogP contribution < -0.4 is 4.90 Å². The highest BCUT2D eigenvalue weighted by Gasteiger charge is 2.41. The summed E-state index contributed by atoms with van der Waals surface area (Å²) in [5, 5.41) is 2.39. The molecule has 5 aromatic rings. The summed E-state index contributed by atoms with van der Waals surface area (Å²) in [4.78, 5) is 2.58. The molecule has 2 heteroatoms. The molecule has 2 nitrogen and oxygen atoms in total. The topological polar surface area (TPSA) is 16.4 Å². The van der Waals surface area contributed by atoms with Crippen molar-refractivity contribution in [3.8, 4) is 0 Å². The summed E-state index contributed by atoms with van der Waals surface area (Å²) in [6.45, 7) is 0. The first-order valence-electron chi connectivity index (χ1n) is 13.5. The van der Waals surface area contributed by atoms with Crippen molar-refractivity contribution in [1.29, 1.82) is 0 Å². The van der Waals surface area contributed by atoms with Gasteiger partial charge in [-0.2, -0.15) is 0 Å². The summed E-state index contributed by atoms with van der Waals surface area (Å²) in [6, 6.07) is 34.9. The molecule has 0 radical (unpaired) electrons. The van der Waals surface area contributed by atoms with Gasteiger partial charge in [-0.3, -0.25) is 0 Å².